The van der Waals surface area contributed by atoms with E-state index in [0.717, 1.165) is 5.56 Å². The molecule has 4 nitrogen and oxygen atoms in total. The Bertz CT molecular complexity index is 721. The van der Waals surface area contributed by atoms with Crippen LogP contribution in [0.25, 0.3) is 0 Å². The first kappa shape index (κ1) is 18.6. The van der Waals surface area contributed by atoms with E-state index in [1.807, 2.05) is 30.3 Å². The molecule has 132 valence electrons. The monoisotopic (exact) mass is 343 g/mol. The van der Waals surface area contributed by atoms with Crippen LogP contribution in [-0.4, -0.2) is 28.9 Å². The number of ether oxygens (including phenoxy) is 1. The predicted molar refractivity (Wildman–Crippen MR) is 93.8 cm³/mol. The highest BCUT2D eigenvalue weighted by molar-refractivity contribution is 5.98. The van der Waals surface area contributed by atoms with Crippen molar-refractivity contribution in [2.75, 3.05) is 6.54 Å². The number of rotatable bonds is 5. The lowest BCUT2D eigenvalue weighted by molar-refractivity contribution is 0.0232. The van der Waals surface area contributed by atoms with Crippen LogP contribution in [0.1, 0.15) is 36.7 Å². The molecule has 0 heterocycles. The first-order valence-corrected chi connectivity index (χ1v) is 8.05. The molecular weight excluding hydrogens is 321 g/mol. The Kier molecular flexibility index (Phi) is 5.91. The van der Waals surface area contributed by atoms with Crippen LogP contribution in [0, 0.1) is 5.82 Å². The van der Waals surface area contributed by atoms with E-state index in [-0.39, 0.29) is 18.9 Å². The standard InChI is InChI=1S/C20H22FNO3/c1-20(2,3)25-19(24)22(13-15-7-5-4-6-8-15)14-18(23)16-9-11-17(21)12-10-16/h4-12H,13-14H2,1-3H3. The van der Waals surface area contributed by atoms with Gasteiger partial charge in [-0.15, -0.1) is 0 Å². The molecule has 0 fully saturated rings. The van der Waals surface area contributed by atoms with Crippen LogP contribution in [0.3, 0.4) is 0 Å². The Morgan fingerprint density at radius 3 is 2.16 bits per heavy atom. The number of carbonyl (C=O) groups is 2. The molecule has 0 saturated heterocycles. The number of amides is 1. The van der Waals surface area contributed by atoms with E-state index in [9.17, 15) is 14.0 Å². The third kappa shape index (κ3) is 6.03. The number of carbonyl (C=O) groups excluding carboxylic acids is 2. The first-order valence-electron chi connectivity index (χ1n) is 8.05. The van der Waals surface area contributed by atoms with Gasteiger partial charge in [-0.2, -0.15) is 0 Å². The van der Waals surface area contributed by atoms with E-state index < -0.39 is 17.5 Å². The number of hydrogen-bond donors (Lipinski definition) is 0. The van der Waals surface area contributed by atoms with Crippen LogP contribution in [0.5, 0.6) is 0 Å². The van der Waals surface area contributed by atoms with Crippen molar-refractivity contribution in [2.24, 2.45) is 0 Å². The molecule has 0 aliphatic heterocycles. The van der Waals surface area contributed by atoms with Gasteiger partial charge in [0.05, 0.1) is 6.54 Å². The number of Topliss-reactive ketones (excluding diaryl/α,β-unsaturated/α-hetero) is 1. The summed E-state index contributed by atoms with van der Waals surface area (Å²) < 4.78 is 18.4. The van der Waals surface area contributed by atoms with Crippen molar-refractivity contribution in [2.45, 2.75) is 32.9 Å². The summed E-state index contributed by atoms with van der Waals surface area (Å²) in [5.41, 5.74) is 0.577. The molecule has 0 bridgehead atoms. The highest BCUT2D eigenvalue weighted by Gasteiger charge is 2.24. The fourth-order valence-corrected chi connectivity index (χ4v) is 2.22. The molecule has 2 aromatic carbocycles. The van der Waals surface area contributed by atoms with Crippen molar-refractivity contribution < 1.29 is 18.7 Å². The second kappa shape index (κ2) is 7.92. The van der Waals surface area contributed by atoms with Crippen molar-refractivity contribution >= 4 is 11.9 Å². The summed E-state index contributed by atoms with van der Waals surface area (Å²) in [5, 5.41) is 0. The summed E-state index contributed by atoms with van der Waals surface area (Å²) >= 11 is 0. The van der Waals surface area contributed by atoms with Crippen molar-refractivity contribution in [1.29, 1.82) is 0 Å². The Morgan fingerprint density at radius 2 is 1.60 bits per heavy atom. The van der Waals surface area contributed by atoms with Gasteiger partial charge in [-0.25, -0.2) is 9.18 Å². The quantitative estimate of drug-likeness (QED) is 0.754. The molecule has 2 rings (SSSR count). The summed E-state index contributed by atoms with van der Waals surface area (Å²) in [4.78, 5) is 26.3. The molecule has 0 N–H and O–H groups in total. The molecule has 25 heavy (non-hydrogen) atoms. The average molecular weight is 343 g/mol. The zero-order chi connectivity index (χ0) is 18.4. The van der Waals surface area contributed by atoms with Gasteiger partial charge >= 0.3 is 6.09 Å². The summed E-state index contributed by atoms with van der Waals surface area (Å²) in [6.45, 7) is 5.42. The molecule has 5 heteroatoms. The molecule has 0 atom stereocenters. The molecule has 2 aromatic rings. The second-order valence-corrected chi connectivity index (χ2v) is 6.75. The maximum atomic E-state index is 13.0. The van der Waals surface area contributed by atoms with E-state index in [4.69, 9.17) is 4.74 Å². The molecule has 0 aromatic heterocycles. The van der Waals surface area contributed by atoms with E-state index in [0.29, 0.717) is 5.56 Å². The molecule has 1 amide bonds. The van der Waals surface area contributed by atoms with E-state index in [1.165, 1.54) is 29.2 Å². The van der Waals surface area contributed by atoms with Gasteiger partial charge in [0.2, 0.25) is 0 Å². The predicted octanol–water partition coefficient (Wildman–Crippen LogP) is 4.45. The molecule has 0 spiro atoms. The molecule has 0 radical (unpaired) electrons. The van der Waals surface area contributed by atoms with Gasteiger partial charge in [0, 0.05) is 12.1 Å². The maximum Gasteiger partial charge on any atom is 0.411 e. The first-order chi connectivity index (χ1) is 11.7. The Labute approximate surface area is 147 Å². The summed E-state index contributed by atoms with van der Waals surface area (Å²) in [6, 6.07) is 14.6. The number of benzene rings is 2. The molecule has 0 aliphatic rings. The lowest BCUT2D eigenvalue weighted by atomic mass is 10.1. The number of hydrogen-bond acceptors (Lipinski definition) is 3. The van der Waals surface area contributed by atoms with Gasteiger partial charge in [0.1, 0.15) is 11.4 Å². The van der Waals surface area contributed by atoms with Crippen molar-refractivity contribution in [3.8, 4) is 0 Å². The van der Waals surface area contributed by atoms with E-state index >= 15 is 0 Å². The largest absolute Gasteiger partial charge is 0.444 e. The smallest absolute Gasteiger partial charge is 0.411 e. The number of ketones is 1. The topological polar surface area (TPSA) is 46.6 Å². The van der Waals surface area contributed by atoms with Gasteiger partial charge < -0.3 is 4.74 Å². The number of halogens is 1. The van der Waals surface area contributed by atoms with Crippen LogP contribution in [0.15, 0.2) is 54.6 Å². The van der Waals surface area contributed by atoms with E-state index in [1.54, 1.807) is 20.8 Å². The van der Waals surface area contributed by atoms with E-state index in [2.05, 4.69) is 0 Å². The van der Waals surface area contributed by atoms with Crippen LogP contribution in [-0.2, 0) is 11.3 Å². The highest BCUT2D eigenvalue weighted by Crippen LogP contribution is 2.14. The van der Waals surface area contributed by atoms with Crippen molar-refractivity contribution in [3.05, 3.63) is 71.5 Å². The molecule has 0 aliphatic carbocycles. The number of nitrogens with zero attached hydrogens (tertiary/aromatic N) is 1. The summed E-state index contributed by atoms with van der Waals surface area (Å²) in [7, 11) is 0. The van der Waals surface area contributed by atoms with Gasteiger partial charge in [0.15, 0.2) is 5.78 Å². The average Bonchev–Trinajstić information content (AvgIpc) is 2.54. The van der Waals surface area contributed by atoms with Crippen LogP contribution < -0.4 is 0 Å². The zero-order valence-corrected chi connectivity index (χ0v) is 14.7. The third-order valence-corrected chi connectivity index (χ3v) is 3.37. The van der Waals surface area contributed by atoms with Crippen LogP contribution >= 0.6 is 0 Å². The fourth-order valence-electron chi connectivity index (χ4n) is 2.22. The summed E-state index contributed by atoms with van der Waals surface area (Å²) in [6.07, 6.45) is -0.563. The van der Waals surface area contributed by atoms with Gasteiger partial charge in [-0.05, 0) is 50.6 Å². The van der Waals surface area contributed by atoms with Crippen LogP contribution in [0.2, 0.25) is 0 Å². The molecule has 0 saturated carbocycles. The Hall–Kier alpha value is -2.69. The minimum absolute atomic E-state index is 0.143. The molecular formula is C20H22FNO3. The third-order valence-electron chi connectivity index (χ3n) is 3.37. The van der Waals surface area contributed by atoms with Gasteiger partial charge in [-0.3, -0.25) is 9.69 Å². The van der Waals surface area contributed by atoms with Crippen molar-refractivity contribution in [1.82, 2.24) is 4.90 Å². The lowest BCUT2D eigenvalue weighted by Gasteiger charge is -2.27. The minimum atomic E-state index is -0.662. The van der Waals surface area contributed by atoms with Crippen LogP contribution in [0.4, 0.5) is 9.18 Å². The maximum absolute atomic E-state index is 13.0. The SMILES string of the molecule is CC(C)(C)OC(=O)N(CC(=O)c1ccc(F)cc1)Cc1ccccc1. The highest BCUT2D eigenvalue weighted by atomic mass is 19.1. The Balaban J connectivity index is 2.16. The fraction of sp³-hybridized carbons (Fsp3) is 0.300. The minimum Gasteiger partial charge on any atom is -0.444 e. The van der Waals surface area contributed by atoms with Gasteiger partial charge in [-0.1, -0.05) is 30.3 Å². The summed E-state index contributed by atoms with van der Waals surface area (Å²) in [5.74, 6) is -0.688. The molecule has 0 unspecified atom stereocenters. The Morgan fingerprint density at radius 1 is 1.00 bits per heavy atom. The zero-order valence-electron chi connectivity index (χ0n) is 14.7. The van der Waals surface area contributed by atoms with Gasteiger partial charge in [0.25, 0.3) is 0 Å². The normalized spacial score (nSPS) is 11.0. The lowest BCUT2D eigenvalue weighted by Crippen LogP contribution is -2.39. The second-order valence-electron chi connectivity index (χ2n) is 6.75. The van der Waals surface area contributed by atoms with Crippen molar-refractivity contribution in [3.63, 3.8) is 0 Å².